The van der Waals surface area contributed by atoms with E-state index in [1.54, 1.807) is 6.92 Å². The van der Waals surface area contributed by atoms with Crippen molar-refractivity contribution in [3.05, 3.63) is 29.6 Å². The molecule has 0 aliphatic carbocycles. The molecule has 0 aliphatic rings. The fourth-order valence-electron chi connectivity index (χ4n) is 1.13. The molecule has 90 valence electrons. The molecular formula is C12H18F2N2. The third-order valence-corrected chi connectivity index (χ3v) is 1.64. The SMILES string of the molecule is CC.CC.Cc1nc2cc(F)c(F)cc2[nH]1. The number of nitrogens with zero attached hydrogens (tertiary/aromatic N) is 1. The smallest absolute Gasteiger partial charge is 0.161 e. The van der Waals surface area contributed by atoms with E-state index in [4.69, 9.17) is 0 Å². The van der Waals surface area contributed by atoms with Crippen molar-refractivity contribution in [1.82, 2.24) is 9.97 Å². The molecule has 0 bridgehead atoms. The summed E-state index contributed by atoms with van der Waals surface area (Å²) < 4.78 is 25.3. The lowest BCUT2D eigenvalue weighted by Gasteiger charge is -1.90. The minimum Gasteiger partial charge on any atom is -0.342 e. The van der Waals surface area contributed by atoms with Gasteiger partial charge >= 0.3 is 0 Å². The highest BCUT2D eigenvalue weighted by molar-refractivity contribution is 5.75. The van der Waals surface area contributed by atoms with Crippen molar-refractivity contribution in [3.63, 3.8) is 0 Å². The molecule has 2 rings (SSSR count). The van der Waals surface area contributed by atoms with Crippen LogP contribution in [0.1, 0.15) is 33.5 Å². The molecule has 0 aliphatic heterocycles. The zero-order chi connectivity index (χ0) is 12.7. The molecular weight excluding hydrogens is 210 g/mol. The number of H-pyrrole nitrogens is 1. The lowest BCUT2D eigenvalue weighted by Crippen LogP contribution is -1.82. The maximum Gasteiger partial charge on any atom is 0.161 e. The summed E-state index contributed by atoms with van der Waals surface area (Å²) in [4.78, 5) is 6.76. The predicted octanol–water partition coefficient (Wildman–Crippen LogP) is 4.20. The number of aryl methyl sites for hydroxylation is 1. The van der Waals surface area contributed by atoms with Crippen LogP contribution in [0.25, 0.3) is 11.0 Å². The number of aromatic nitrogens is 2. The highest BCUT2D eigenvalue weighted by Crippen LogP contribution is 2.15. The van der Waals surface area contributed by atoms with Crippen LogP contribution in [0.5, 0.6) is 0 Å². The third kappa shape index (κ3) is 3.29. The highest BCUT2D eigenvalue weighted by atomic mass is 19.2. The van der Waals surface area contributed by atoms with Gasteiger partial charge in [0.05, 0.1) is 11.0 Å². The molecule has 0 saturated carbocycles. The van der Waals surface area contributed by atoms with E-state index in [2.05, 4.69) is 9.97 Å². The van der Waals surface area contributed by atoms with Crippen molar-refractivity contribution < 1.29 is 8.78 Å². The van der Waals surface area contributed by atoms with Crippen LogP contribution in [-0.4, -0.2) is 9.97 Å². The summed E-state index contributed by atoms with van der Waals surface area (Å²) in [7, 11) is 0. The van der Waals surface area contributed by atoms with Crippen LogP contribution >= 0.6 is 0 Å². The summed E-state index contributed by atoms with van der Waals surface area (Å²) in [5.74, 6) is -1.07. The molecule has 0 atom stereocenters. The van der Waals surface area contributed by atoms with Gasteiger partial charge in [0.25, 0.3) is 0 Å². The maximum absolute atomic E-state index is 12.6. The van der Waals surface area contributed by atoms with Gasteiger partial charge in [-0.2, -0.15) is 0 Å². The quantitative estimate of drug-likeness (QED) is 0.719. The number of hydrogen-bond acceptors (Lipinski definition) is 1. The second-order valence-electron chi connectivity index (χ2n) is 2.61. The van der Waals surface area contributed by atoms with Crippen molar-refractivity contribution in [3.8, 4) is 0 Å². The first kappa shape index (κ1) is 14.6. The third-order valence-electron chi connectivity index (χ3n) is 1.64. The molecule has 1 heterocycles. The number of halogens is 2. The van der Waals surface area contributed by atoms with Gasteiger partial charge < -0.3 is 4.98 Å². The molecule has 16 heavy (non-hydrogen) atoms. The van der Waals surface area contributed by atoms with Gasteiger partial charge in [-0.3, -0.25) is 0 Å². The van der Waals surface area contributed by atoms with Gasteiger partial charge in [-0.25, -0.2) is 13.8 Å². The van der Waals surface area contributed by atoms with E-state index in [-0.39, 0.29) is 0 Å². The average molecular weight is 228 g/mol. The fraction of sp³-hybridized carbons (Fsp3) is 0.417. The summed E-state index contributed by atoms with van der Waals surface area (Å²) in [6.07, 6.45) is 0. The Morgan fingerprint density at radius 2 is 1.50 bits per heavy atom. The van der Waals surface area contributed by atoms with Crippen LogP contribution in [0.4, 0.5) is 8.78 Å². The van der Waals surface area contributed by atoms with Crippen LogP contribution < -0.4 is 0 Å². The minimum atomic E-state index is -0.867. The Labute approximate surface area is 94.7 Å². The zero-order valence-electron chi connectivity index (χ0n) is 10.4. The van der Waals surface area contributed by atoms with Gasteiger partial charge in [0.2, 0.25) is 0 Å². The Morgan fingerprint density at radius 3 is 2.06 bits per heavy atom. The number of aromatic amines is 1. The molecule has 1 aromatic heterocycles. The average Bonchev–Trinajstić information content (AvgIpc) is 2.64. The molecule has 2 aromatic rings. The number of rotatable bonds is 0. The molecule has 0 amide bonds. The van der Waals surface area contributed by atoms with E-state index in [1.165, 1.54) is 0 Å². The zero-order valence-corrected chi connectivity index (χ0v) is 10.4. The van der Waals surface area contributed by atoms with Crippen molar-refractivity contribution >= 4 is 11.0 Å². The van der Waals surface area contributed by atoms with E-state index in [0.29, 0.717) is 16.9 Å². The Bertz CT molecular complexity index is 397. The van der Waals surface area contributed by atoms with E-state index >= 15 is 0 Å². The minimum absolute atomic E-state index is 0.450. The monoisotopic (exact) mass is 228 g/mol. The van der Waals surface area contributed by atoms with E-state index in [1.807, 2.05) is 27.7 Å². The van der Waals surface area contributed by atoms with Crippen LogP contribution in [0.3, 0.4) is 0 Å². The van der Waals surface area contributed by atoms with Crippen LogP contribution in [-0.2, 0) is 0 Å². The molecule has 2 nitrogen and oxygen atoms in total. The lowest BCUT2D eigenvalue weighted by molar-refractivity contribution is 0.510. The number of fused-ring (bicyclic) bond motifs is 1. The number of imidazole rings is 1. The molecule has 0 spiro atoms. The van der Waals surface area contributed by atoms with Crippen molar-refractivity contribution in [2.45, 2.75) is 34.6 Å². The Balaban J connectivity index is 0.000000509. The first-order valence-electron chi connectivity index (χ1n) is 5.48. The van der Waals surface area contributed by atoms with Crippen LogP contribution in [0.15, 0.2) is 12.1 Å². The summed E-state index contributed by atoms with van der Waals surface area (Å²) in [5, 5.41) is 0. The predicted molar refractivity (Wildman–Crippen MR) is 63.4 cm³/mol. The topological polar surface area (TPSA) is 28.7 Å². The maximum atomic E-state index is 12.6. The van der Waals surface area contributed by atoms with Crippen LogP contribution in [0.2, 0.25) is 0 Å². The normalized spacial score (nSPS) is 8.94. The van der Waals surface area contributed by atoms with Gasteiger partial charge in [0.1, 0.15) is 5.82 Å². The summed E-state index contributed by atoms with van der Waals surface area (Å²) in [5.41, 5.74) is 0.970. The first-order valence-corrected chi connectivity index (χ1v) is 5.48. The van der Waals surface area contributed by atoms with Crippen LogP contribution in [0, 0.1) is 18.6 Å². The lowest BCUT2D eigenvalue weighted by atomic mass is 10.3. The molecule has 0 radical (unpaired) electrons. The standard InChI is InChI=1S/C8H6F2N2.2C2H6/c1-4-11-7-2-5(9)6(10)3-8(7)12-4;2*1-2/h2-3H,1H3,(H,11,12);2*1-2H3. The van der Waals surface area contributed by atoms with Crippen molar-refractivity contribution in [2.24, 2.45) is 0 Å². The molecule has 0 saturated heterocycles. The van der Waals surface area contributed by atoms with Gasteiger partial charge in [-0.05, 0) is 6.92 Å². The first-order chi connectivity index (χ1) is 7.66. The number of nitrogens with one attached hydrogen (secondary N) is 1. The van der Waals surface area contributed by atoms with Crippen molar-refractivity contribution in [1.29, 1.82) is 0 Å². The van der Waals surface area contributed by atoms with Crippen molar-refractivity contribution in [2.75, 3.05) is 0 Å². The molecule has 0 unspecified atom stereocenters. The molecule has 1 N–H and O–H groups in total. The second kappa shape index (κ2) is 6.93. The largest absolute Gasteiger partial charge is 0.342 e. The summed E-state index contributed by atoms with van der Waals surface area (Å²) in [6.45, 7) is 9.73. The van der Waals surface area contributed by atoms with Gasteiger partial charge in [0.15, 0.2) is 11.6 Å². The Morgan fingerprint density at radius 1 is 1.00 bits per heavy atom. The Hall–Kier alpha value is -1.45. The number of benzene rings is 1. The highest BCUT2D eigenvalue weighted by Gasteiger charge is 2.05. The molecule has 4 heteroatoms. The molecule has 1 aromatic carbocycles. The second-order valence-corrected chi connectivity index (χ2v) is 2.61. The molecule has 0 fully saturated rings. The van der Waals surface area contributed by atoms with E-state index in [0.717, 1.165) is 12.1 Å². The summed E-state index contributed by atoms with van der Waals surface area (Å²) >= 11 is 0. The van der Waals surface area contributed by atoms with Gasteiger partial charge in [-0.1, -0.05) is 27.7 Å². The number of hydrogen-bond donors (Lipinski definition) is 1. The van der Waals surface area contributed by atoms with Gasteiger partial charge in [-0.15, -0.1) is 0 Å². The fourth-order valence-corrected chi connectivity index (χ4v) is 1.13. The Kier molecular flexibility index (Phi) is 6.30. The van der Waals surface area contributed by atoms with E-state index < -0.39 is 11.6 Å². The van der Waals surface area contributed by atoms with E-state index in [9.17, 15) is 8.78 Å². The van der Waals surface area contributed by atoms with Gasteiger partial charge in [0, 0.05) is 12.1 Å². The summed E-state index contributed by atoms with van der Waals surface area (Å²) in [6, 6.07) is 2.18.